The summed E-state index contributed by atoms with van der Waals surface area (Å²) in [5, 5.41) is 8.98. The zero-order valence-electron chi connectivity index (χ0n) is 11.9. The van der Waals surface area contributed by atoms with Gasteiger partial charge in [0.15, 0.2) is 0 Å². The van der Waals surface area contributed by atoms with Crippen LogP contribution in [-0.4, -0.2) is 23.6 Å². The van der Waals surface area contributed by atoms with Crippen molar-refractivity contribution in [3.05, 3.63) is 47.8 Å². The zero-order valence-corrected chi connectivity index (χ0v) is 11.9. The van der Waals surface area contributed by atoms with Crippen LogP contribution >= 0.6 is 0 Å². The van der Waals surface area contributed by atoms with Crippen molar-refractivity contribution < 1.29 is 0 Å². The van der Waals surface area contributed by atoms with Crippen molar-refractivity contribution in [2.75, 3.05) is 14.1 Å². The maximum atomic E-state index is 8.98. The quantitative estimate of drug-likeness (QED) is 0.841. The molecule has 2 rings (SSSR count). The van der Waals surface area contributed by atoms with Gasteiger partial charge in [-0.25, -0.2) is 0 Å². The second-order valence-corrected chi connectivity index (χ2v) is 5.10. The van der Waals surface area contributed by atoms with E-state index in [1.165, 1.54) is 5.56 Å². The van der Waals surface area contributed by atoms with Crippen LogP contribution in [0.1, 0.15) is 24.2 Å². The molecule has 19 heavy (non-hydrogen) atoms. The van der Waals surface area contributed by atoms with E-state index in [0.29, 0.717) is 11.7 Å². The second kappa shape index (κ2) is 5.29. The molecule has 1 heterocycles. The van der Waals surface area contributed by atoms with Crippen LogP contribution in [0.3, 0.4) is 0 Å². The summed E-state index contributed by atoms with van der Waals surface area (Å²) in [5.74, 6) is 0. The first-order chi connectivity index (χ1) is 9.02. The third-order valence-electron chi connectivity index (χ3n) is 3.62. The van der Waals surface area contributed by atoms with E-state index in [1.807, 2.05) is 23.9 Å². The predicted molar refractivity (Wildman–Crippen MR) is 77.7 cm³/mol. The molecule has 0 N–H and O–H groups in total. The molecule has 1 aromatic heterocycles. The van der Waals surface area contributed by atoms with Gasteiger partial charge in [0.05, 0.1) is 0 Å². The van der Waals surface area contributed by atoms with Crippen molar-refractivity contribution in [1.29, 1.82) is 5.26 Å². The summed E-state index contributed by atoms with van der Waals surface area (Å²) < 4.78 is 1.85. The fourth-order valence-electron chi connectivity index (χ4n) is 2.09. The van der Waals surface area contributed by atoms with Crippen molar-refractivity contribution in [3.63, 3.8) is 0 Å². The minimum atomic E-state index is 0.402. The smallest absolute Gasteiger partial charge is 0.120 e. The van der Waals surface area contributed by atoms with Crippen molar-refractivity contribution in [1.82, 2.24) is 9.47 Å². The predicted octanol–water partition coefficient (Wildman–Crippen LogP) is 3.19. The molecule has 0 fully saturated rings. The molecule has 98 valence electrons. The summed E-state index contributed by atoms with van der Waals surface area (Å²) in [7, 11) is 6.05. The minimum absolute atomic E-state index is 0.402. The Balaban J connectivity index is 2.30. The lowest BCUT2D eigenvalue weighted by Gasteiger charge is -2.20. The number of aryl methyl sites for hydroxylation is 1. The molecule has 0 unspecified atom stereocenters. The molecule has 3 nitrogen and oxygen atoms in total. The number of aromatic nitrogens is 1. The Labute approximate surface area is 114 Å². The number of nitrogens with zero attached hydrogens (tertiary/aromatic N) is 3. The van der Waals surface area contributed by atoms with Gasteiger partial charge in [-0.2, -0.15) is 5.26 Å². The van der Waals surface area contributed by atoms with Gasteiger partial charge in [-0.05, 0) is 38.2 Å². The average Bonchev–Trinajstić information content (AvgIpc) is 2.79. The van der Waals surface area contributed by atoms with Crippen LogP contribution in [0.5, 0.6) is 0 Å². The SMILES string of the molecule is C[C@@H](c1ccc(-c2cc(C#N)n(C)c2)cc1)N(C)C. The Kier molecular flexibility index (Phi) is 3.73. The van der Waals surface area contributed by atoms with E-state index >= 15 is 0 Å². The van der Waals surface area contributed by atoms with Gasteiger partial charge in [-0.1, -0.05) is 24.3 Å². The van der Waals surface area contributed by atoms with Gasteiger partial charge in [-0.15, -0.1) is 0 Å². The molecule has 1 aromatic carbocycles. The Hall–Kier alpha value is -2.05. The molecule has 0 aliphatic rings. The maximum Gasteiger partial charge on any atom is 0.120 e. The highest BCUT2D eigenvalue weighted by molar-refractivity contribution is 5.65. The monoisotopic (exact) mass is 253 g/mol. The lowest BCUT2D eigenvalue weighted by Crippen LogP contribution is -2.16. The largest absolute Gasteiger partial charge is 0.342 e. The van der Waals surface area contributed by atoms with E-state index in [1.54, 1.807) is 0 Å². The molecule has 0 radical (unpaired) electrons. The van der Waals surface area contributed by atoms with Gasteiger partial charge >= 0.3 is 0 Å². The number of benzene rings is 1. The first-order valence-electron chi connectivity index (χ1n) is 6.36. The molecule has 0 saturated carbocycles. The summed E-state index contributed by atoms with van der Waals surface area (Å²) in [4.78, 5) is 2.19. The first-order valence-corrected chi connectivity index (χ1v) is 6.36. The summed E-state index contributed by atoms with van der Waals surface area (Å²) in [6.07, 6.45) is 1.99. The molecule has 0 aliphatic carbocycles. The molecule has 0 aliphatic heterocycles. The highest BCUT2D eigenvalue weighted by atomic mass is 15.1. The number of nitriles is 1. The van der Waals surface area contributed by atoms with Crippen molar-refractivity contribution in [3.8, 4) is 17.2 Å². The van der Waals surface area contributed by atoms with Gasteiger partial charge < -0.3 is 9.47 Å². The normalized spacial score (nSPS) is 12.4. The van der Waals surface area contributed by atoms with Gasteiger partial charge in [0.2, 0.25) is 0 Å². The molecule has 0 spiro atoms. The summed E-state index contributed by atoms with van der Waals surface area (Å²) in [6.45, 7) is 2.19. The minimum Gasteiger partial charge on any atom is -0.342 e. The van der Waals surface area contributed by atoms with Crippen molar-refractivity contribution >= 4 is 0 Å². The molecule has 0 bridgehead atoms. The number of rotatable bonds is 3. The van der Waals surface area contributed by atoms with Crippen LogP contribution in [0.15, 0.2) is 36.5 Å². The Morgan fingerprint density at radius 1 is 1.16 bits per heavy atom. The number of hydrogen-bond donors (Lipinski definition) is 0. The lowest BCUT2D eigenvalue weighted by molar-refractivity contribution is 0.321. The summed E-state index contributed by atoms with van der Waals surface area (Å²) >= 11 is 0. The maximum absolute atomic E-state index is 8.98. The van der Waals surface area contributed by atoms with E-state index in [4.69, 9.17) is 5.26 Å². The summed E-state index contributed by atoms with van der Waals surface area (Å²) in [5.41, 5.74) is 4.21. The van der Waals surface area contributed by atoms with Crippen LogP contribution in [0.25, 0.3) is 11.1 Å². The van der Waals surface area contributed by atoms with Crippen LogP contribution in [0.4, 0.5) is 0 Å². The van der Waals surface area contributed by atoms with E-state index in [-0.39, 0.29) is 0 Å². The first kappa shape index (κ1) is 13.4. The molecular formula is C16H19N3. The van der Waals surface area contributed by atoms with Crippen LogP contribution in [-0.2, 0) is 7.05 Å². The third kappa shape index (κ3) is 2.69. The molecular weight excluding hydrogens is 234 g/mol. The highest BCUT2D eigenvalue weighted by Crippen LogP contribution is 2.24. The molecule has 0 amide bonds. The molecule has 3 heteroatoms. The Morgan fingerprint density at radius 3 is 2.26 bits per heavy atom. The zero-order chi connectivity index (χ0) is 14.0. The lowest BCUT2D eigenvalue weighted by atomic mass is 10.0. The van der Waals surface area contributed by atoms with Crippen LogP contribution in [0.2, 0.25) is 0 Å². The summed E-state index contributed by atoms with van der Waals surface area (Å²) in [6, 6.07) is 13.0. The second-order valence-electron chi connectivity index (χ2n) is 5.10. The van der Waals surface area contributed by atoms with Gasteiger partial charge in [0.25, 0.3) is 0 Å². The standard InChI is InChI=1S/C16H19N3/c1-12(18(2)3)13-5-7-14(8-6-13)15-9-16(10-17)19(4)11-15/h5-9,11-12H,1-4H3/t12-/m0/s1. The third-order valence-corrected chi connectivity index (χ3v) is 3.62. The van der Waals surface area contributed by atoms with Gasteiger partial charge in [0, 0.05) is 24.8 Å². The fourth-order valence-corrected chi connectivity index (χ4v) is 2.09. The van der Waals surface area contributed by atoms with Crippen molar-refractivity contribution in [2.24, 2.45) is 7.05 Å². The van der Waals surface area contributed by atoms with Crippen LogP contribution in [0, 0.1) is 11.3 Å². The Bertz CT molecular complexity index is 600. The highest BCUT2D eigenvalue weighted by Gasteiger charge is 2.09. The Morgan fingerprint density at radius 2 is 1.79 bits per heavy atom. The fraction of sp³-hybridized carbons (Fsp3) is 0.312. The number of hydrogen-bond acceptors (Lipinski definition) is 2. The average molecular weight is 253 g/mol. The molecule has 1 atom stereocenters. The van der Waals surface area contributed by atoms with E-state index in [9.17, 15) is 0 Å². The van der Waals surface area contributed by atoms with Crippen molar-refractivity contribution in [2.45, 2.75) is 13.0 Å². The van der Waals surface area contributed by atoms with Gasteiger partial charge in [0.1, 0.15) is 11.8 Å². The van der Waals surface area contributed by atoms with E-state index in [0.717, 1.165) is 11.1 Å². The molecule has 2 aromatic rings. The van der Waals surface area contributed by atoms with Crippen LogP contribution < -0.4 is 0 Å². The van der Waals surface area contributed by atoms with Gasteiger partial charge in [-0.3, -0.25) is 0 Å². The topological polar surface area (TPSA) is 32.0 Å². The van der Waals surface area contributed by atoms with E-state index in [2.05, 4.69) is 56.3 Å². The molecule has 0 saturated heterocycles. The van der Waals surface area contributed by atoms with E-state index < -0.39 is 0 Å².